The fourth-order valence-electron chi connectivity index (χ4n) is 3.22. The first kappa shape index (κ1) is 22.4. The summed E-state index contributed by atoms with van der Waals surface area (Å²) in [6, 6.07) is 9.79. The fourth-order valence-corrected chi connectivity index (χ4v) is 3.78. The van der Waals surface area contributed by atoms with Gasteiger partial charge >= 0.3 is 12.3 Å². The van der Waals surface area contributed by atoms with Crippen molar-refractivity contribution in [2.45, 2.75) is 6.18 Å². The minimum Gasteiger partial charge on any atom is -0.453 e. The lowest BCUT2D eigenvalue weighted by molar-refractivity contribution is -0.137. The minimum atomic E-state index is -4.68. The lowest BCUT2D eigenvalue weighted by Gasteiger charge is -2.14. The van der Waals surface area contributed by atoms with E-state index in [9.17, 15) is 18.0 Å². The molecule has 4 rings (SSSR count). The van der Waals surface area contributed by atoms with E-state index in [-0.39, 0.29) is 17.2 Å². The number of nitrogens with zero attached hydrogens (tertiary/aromatic N) is 2. The Morgan fingerprint density at radius 2 is 2.03 bits per heavy atom. The number of amides is 1. The Balaban J connectivity index is 1.82. The van der Waals surface area contributed by atoms with Gasteiger partial charge in [-0.2, -0.15) is 13.2 Å². The third-order valence-electron chi connectivity index (χ3n) is 4.71. The first-order valence-corrected chi connectivity index (χ1v) is 10.2. The summed E-state index contributed by atoms with van der Waals surface area (Å²) in [4.78, 5) is 22.5. The maximum Gasteiger partial charge on any atom is 0.419 e. The van der Waals surface area contributed by atoms with Crippen molar-refractivity contribution >= 4 is 55.9 Å². The van der Waals surface area contributed by atoms with Crippen LogP contribution in [0.1, 0.15) is 5.56 Å². The molecule has 0 atom stereocenters. The number of aromatic amines is 1. The van der Waals surface area contributed by atoms with Crippen LogP contribution in [-0.2, 0) is 10.9 Å². The molecule has 170 valence electrons. The van der Waals surface area contributed by atoms with Gasteiger partial charge in [-0.25, -0.2) is 14.8 Å². The zero-order chi connectivity index (χ0) is 23.8. The number of methoxy groups -OCH3 is 1. The van der Waals surface area contributed by atoms with Crippen LogP contribution in [0, 0.1) is 0 Å². The zero-order valence-corrected chi connectivity index (χ0v) is 18.5. The summed E-state index contributed by atoms with van der Waals surface area (Å²) < 4.78 is 46.4. The molecule has 2 aromatic carbocycles. The van der Waals surface area contributed by atoms with Crippen LogP contribution < -0.4 is 16.4 Å². The van der Waals surface area contributed by atoms with Crippen LogP contribution in [0.5, 0.6) is 0 Å². The van der Waals surface area contributed by atoms with Crippen molar-refractivity contribution in [3.05, 3.63) is 58.8 Å². The van der Waals surface area contributed by atoms with Crippen molar-refractivity contribution in [2.24, 2.45) is 0 Å². The quantitative estimate of drug-likeness (QED) is 0.248. The van der Waals surface area contributed by atoms with E-state index in [1.165, 1.54) is 13.3 Å². The summed E-state index contributed by atoms with van der Waals surface area (Å²) >= 11 is 3.37. The summed E-state index contributed by atoms with van der Waals surface area (Å²) in [6.07, 6.45) is -3.22. The van der Waals surface area contributed by atoms with Crippen LogP contribution >= 0.6 is 15.9 Å². The maximum atomic E-state index is 13.8. The van der Waals surface area contributed by atoms with Crippen LogP contribution in [-0.4, -0.2) is 28.2 Å². The molecule has 0 aliphatic rings. The van der Waals surface area contributed by atoms with Gasteiger partial charge in [0.2, 0.25) is 5.95 Å². The van der Waals surface area contributed by atoms with Gasteiger partial charge in [-0.15, -0.1) is 0 Å². The van der Waals surface area contributed by atoms with Crippen molar-refractivity contribution in [1.82, 2.24) is 15.0 Å². The van der Waals surface area contributed by atoms with E-state index in [4.69, 9.17) is 5.73 Å². The fraction of sp³-hybridized carbons (Fsp3) is 0.0952. The van der Waals surface area contributed by atoms with Gasteiger partial charge in [0, 0.05) is 34.7 Å². The van der Waals surface area contributed by atoms with Gasteiger partial charge in [-0.1, -0.05) is 12.1 Å². The Hall–Kier alpha value is -3.80. The van der Waals surface area contributed by atoms with E-state index in [0.717, 1.165) is 6.20 Å². The minimum absolute atomic E-state index is 0.0269. The molecule has 1 amide bonds. The molecule has 0 unspecified atom stereocenters. The van der Waals surface area contributed by atoms with Gasteiger partial charge in [0.15, 0.2) is 0 Å². The molecule has 2 heterocycles. The number of carbonyl (C=O) groups excluding carboxylic acids is 1. The number of nitrogen functional groups attached to an aromatic ring is 1. The van der Waals surface area contributed by atoms with Crippen LogP contribution in [0.3, 0.4) is 0 Å². The molecule has 0 spiro atoms. The average Bonchev–Trinajstić information content (AvgIpc) is 3.19. The zero-order valence-electron chi connectivity index (χ0n) is 16.9. The topological polar surface area (TPSA) is 118 Å². The Kier molecular flexibility index (Phi) is 5.85. The predicted molar refractivity (Wildman–Crippen MR) is 122 cm³/mol. The van der Waals surface area contributed by atoms with Crippen molar-refractivity contribution in [2.75, 3.05) is 23.5 Å². The van der Waals surface area contributed by atoms with Gasteiger partial charge in [0.25, 0.3) is 0 Å². The van der Waals surface area contributed by atoms with E-state index in [2.05, 4.69) is 46.3 Å². The molecule has 0 saturated carbocycles. The molecule has 4 aromatic rings. The highest BCUT2D eigenvalue weighted by atomic mass is 79.9. The third kappa shape index (κ3) is 4.55. The van der Waals surface area contributed by atoms with Crippen molar-refractivity contribution < 1.29 is 22.7 Å². The highest BCUT2D eigenvalue weighted by Crippen LogP contribution is 2.41. The smallest absolute Gasteiger partial charge is 0.419 e. The first-order chi connectivity index (χ1) is 15.7. The van der Waals surface area contributed by atoms with E-state index in [1.807, 2.05) is 0 Å². The second-order valence-corrected chi connectivity index (χ2v) is 7.67. The lowest BCUT2D eigenvalue weighted by atomic mass is 10.1. The summed E-state index contributed by atoms with van der Waals surface area (Å²) in [6.45, 7) is 0. The molecule has 0 fully saturated rings. The second-order valence-electron chi connectivity index (χ2n) is 6.87. The van der Waals surface area contributed by atoms with E-state index in [0.29, 0.717) is 32.4 Å². The number of anilines is 4. The third-order valence-corrected chi connectivity index (χ3v) is 5.53. The summed E-state index contributed by atoms with van der Waals surface area (Å²) in [7, 11) is 1.22. The van der Waals surface area contributed by atoms with Crippen molar-refractivity contribution in [3.8, 4) is 11.3 Å². The Morgan fingerprint density at radius 3 is 2.73 bits per heavy atom. The van der Waals surface area contributed by atoms with Crippen LogP contribution in [0.4, 0.5) is 41.0 Å². The van der Waals surface area contributed by atoms with Gasteiger partial charge in [-0.05, 0) is 40.2 Å². The standard InChI is InChI=1S/C21H16BrF3N6O2/c1-33-20(32)30-15-6-5-12-13(8-27-18(12)16(15)22)17-14(21(23,24)25)9-28-19(31-17)29-11-4-2-3-10(26)7-11/h2-9,27H,26H2,1H3,(H,30,32)(H,28,29,31). The first-order valence-electron chi connectivity index (χ1n) is 9.39. The normalized spacial score (nSPS) is 11.4. The molecular weight excluding hydrogens is 505 g/mol. The van der Waals surface area contributed by atoms with Gasteiger partial charge in [0.1, 0.15) is 5.56 Å². The SMILES string of the molecule is COC(=O)Nc1ccc2c(-c3nc(Nc4cccc(N)c4)ncc3C(F)(F)F)c[nH]c2c1Br. The monoisotopic (exact) mass is 520 g/mol. The number of carbonyl (C=O) groups is 1. The van der Waals surface area contributed by atoms with Crippen molar-refractivity contribution in [3.63, 3.8) is 0 Å². The van der Waals surface area contributed by atoms with E-state index in [1.54, 1.807) is 36.4 Å². The highest BCUT2D eigenvalue weighted by molar-refractivity contribution is 9.10. The molecule has 0 saturated heterocycles. The Bertz CT molecular complexity index is 1360. The number of halogens is 4. The second kappa shape index (κ2) is 8.62. The number of aromatic nitrogens is 3. The summed E-state index contributed by atoms with van der Waals surface area (Å²) in [5.41, 5.74) is 6.52. The van der Waals surface area contributed by atoms with Gasteiger partial charge in [-0.3, -0.25) is 5.32 Å². The number of nitrogens with one attached hydrogen (secondary N) is 3. The van der Waals surface area contributed by atoms with E-state index < -0.39 is 17.8 Å². The van der Waals surface area contributed by atoms with Crippen LogP contribution in [0.15, 0.2) is 53.3 Å². The molecule has 0 bridgehead atoms. The maximum absolute atomic E-state index is 13.8. The number of alkyl halides is 3. The molecule has 12 heteroatoms. The summed E-state index contributed by atoms with van der Waals surface area (Å²) in [5, 5.41) is 5.85. The number of hydrogen-bond donors (Lipinski definition) is 4. The van der Waals surface area contributed by atoms with Gasteiger partial charge in [0.05, 0.1) is 28.5 Å². The van der Waals surface area contributed by atoms with Crippen LogP contribution in [0.2, 0.25) is 0 Å². The molecule has 8 nitrogen and oxygen atoms in total. The Morgan fingerprint density at radius 1 is 1.24 bits per heavy atom. The number of benzene rings is 2. The number of nitrogens with two attached hydrogens (primary N) is 1. The van der Waals surface area contributed by atoms with Gasteiger partial charge < -0.3 is 20.8 Å². The number of rotatable bonds is 4. The van der Waals surface area contributed by atoms with Crippen LogP contribution in [0.25, 0.3) is 22.2 Å². The summed E-state index contributed by atoms with van der Waals surface area (Å²) in [5.74, 6) is -0.0269. The molecule has 0 radical (unpaired) electrons. The predicted octanol–water partition coefficient (Wildman–Crippen LogP) is 5.91. The molecule has 0 aliphatic heterocycles. The largest absolute Gasteiger partial charge is 0.453 e. The molecular formula is C21H16BrF3N6O2. The number of fused-ring (bicyclic) bond motifs is 1. The highest BCUT2D eigenvalue weighted by Gasteiger charge is 2.36. The number of H-pyrrole nitrogens is 1. The lowest BCUT2D eigenvalue weighted by Crippen LogP contribution is -2.11. The average molecular weight is 521 g/mol. The molecule has 2 aromatic heterocycles. The molecule has 33 heavy (non-hydrogen) atoms. The number of ether oxygens (including phenoxy) is 1. The van der Waals surface area contributed by atoms with Crippen molar-refractivity contribution in [1.29, 1.82) is 0 Å². The number of hydrogen-bond acceptors (Lipinski definition) is 6. The van der Waals surface area contributed by atoms with E-state index >= 15 is 0 Å². The Labute approximate surface area is 193 Å². The molecule has 0 aliphatic carbocycles. The molecule has 5 N–H and O–H groups in total.